The molecule has 0 aliphatic carbocycles. The highest BCUT2D eigenvalue weighted by Gasteiger charge is 2.25. The van der Waals surface area contributed by atoms with E-state index in [0.29, 0.717) is 12.3 Å². The molecule has 1 heterocycles. The molecular weight excluding hydrogens is 208 g/mol. The topological polar surface area (TPSA) is 22.1 Å². The molecule has 1 rings (SSSR count). The predicted octanol–water partition coefficient (Wildman–Crippen LogP) is 1.74. The average molecular weight is 212 g/mol. The first-order chi connectivity index (χ1) is 6.39. The summed E-state index contributed by atoms with van der Waals surface area (Å²) in [5, 5.41) is 0. The molecule has 0 aliphatic heterocycles. The van der Waals surface area contributed by atoms with Crippen LogP contribution in [-0.4, -0.2) is 18.6 Å². The molecule has 0 aromatic carbocycles. The third-order valence-corrected chi connectivity index (χ3v) is 1.35. The third kappa shape index (κ3) is 2.86. The normalized spacial score (nSPS) is 11.9. The minimum Gasteiger partial charge on any atom is -0.445 e. The van der Waals surface area contributed by atoms with E-state index in [-0.39, 0.29) is 0 Å². The minimum absolute atomic E-state index is 0.456. The Hall–Kier alpha value is -1.34. The standard InChI is InChI=1S/C6H4BF5NO/c8-6(9)14-5-2-1-4(3-13-5)7(10,11)12/h1-3,6H/q-1. The molecule has 0 unspecified atom stereocenters. The van der Waals surface area contributed by atoms with Crippen LogP contribution in [0.2, 0.25) is 0 Å². The Morgan fingerprint density at radius 2 is 1.86 bits per heavy atom. The summed E-state index contributed by atoms with van der Waals surface area (Å²) >= 11 is 0. The largest absolute Gasteiger partial charge is 0.511 e. The first kappa shape index (κ1) is 10.7. The third-order valence-electron chi connectivity index (χ3n) is 1.35. The molecule has 0 spiro atoms. The van der Waals surface area contributed by atoms with Crippen molar-refractivity contribution in [1.82, 2.24) is 4.98 Å². The Bertz CT molecular complexity index is 298. The number of hydrogen-bond acceptors (Lipinski definition) is 2. The van der Waals surface area contributed by atoms with E-state index >= 15 is 0 Å². The van der Waals surface area contributed by atoms with Gasteiger partial charge in [0.2, 0.25) is 5.88 Å². The fourth-order valence-electron chi connectivity index (χ4n) is 0.746. The van der Waals surface area contributed by atoms with Gasteiger partial charge < -0.3 is 17.7 Å². The summed E-state index contributed by atoms with van der Waals surface area (Å²) in [5.74, 6) is -0.538. The van der Waals surface area contributed by atoms with Gasteiger partial charge in [0.1, 0.15) is 0 Å². The van der Waals surface area contributed by atoms with Crippen LogP contribution in [0, 0.1) is 0 Å². The number of nitrogens with zero attached hydrogens (tertiary/aromatic N) is 1. The van der Waals surface area contributed by atoms with Gasteiger partial charge in [-0.3, -0.25) is 0 Å². The lowest BCUT2D eigenvalue weighted by Crippen LogP contribution is -2.34. The lowest BCUT2D eigenvalue weighted by atomic mass is 9.82. The molecule has 1 aromatic heterocycles. The molecule has 0 saturated carbocycles. The maximum Gasteiger partial charge on any atom is 0.511 e. The molecule has 1 aromatic rings. The Morgan fingerprint density at radius 3 is 2.21 bits per heavy atom. The number of alkyl halides is 2. The van der Waals surface area contributed by atoms with Crippen LogP contribution in [0.5, 0.6) is 5.88 Å². The molecule has 2 nitrogen and oxygen atoms in total. The number of halogens is 5. The highest BCUT2D eigenvalue weighted by Crippen LogP contribution is 2.12. The van der Waals surface area contributed by atoms with Gasteiger partial charge >= 0.3 is 13.6 Å². The molecule has 0 radical (unpaired) electrons. The second-order valence-electron chi connectivity index (χ2n) is 2.38. The summed E-state index contributed by atoms with van der Waals surface area (Å²) < 4.78 is 63.0. The van der Waals surface area contributed by atoms with E-state index < -0.39 is 24.9 Å². The average Bonchev–Trinajstić information content (AvgIpc) is 2.02. The van der Waals surface area contributed by atoms with Crippen LogP contribution >= 0.6 is 0 Å². The zero-order chi connectivity index (χ0) is 10.8. The van der Waals surface area contributed by atoms with Gasteiger partial charge in [0.25, 0.3) is 0 Å². The zero-order valence-electron chi connectivity index (χ0n) is 6.63. The first-order valence-electron chi connectivity index (χ1n) is 3.50. The summed E-state index contributed by atoms with van der Waals surface area (Å²) in [6.45, 7) is -8.24. The van der Waals surface area contributed by atoms with E-state index in [9.17, 15) is 21.7 Å². The Morgan fingerprint density at radius 1 is 1.21 bits per heavy atom. The monoisotopic (exact) mass is 212 g/mol. The van der Waals surface area contributed by atoms with Crippen LogP contribution in [0.15, 0.2) is 18.3 Å². The van der Waals surface area contributed by atoms with Crippen molar-refractivity contribution in [3.8, 4) is 5.88 Å². The van der Waals surface area contributed by atoms with Crippen molar-refractivity contribution in [3.05, 3.63) is 18.3 Å². The molecule has 0 N–H and O–H groups in total. The molecule has 8 heteroatoms. The van der Waals surface area contributed by atoms with Crippen molar-refractivity contribution in [3.63, 3.8) is 0 Å². The van der Waals surface area contributed by atoms with Crippen molar-refractivity contribution in [2.75, 3.05) is 0 Å². The summed E-state index contributed by atoms with van der Waals surface area (Å²) in [4.78, 5) is 3.08. The molecule has 0 bridgehead atoms. The quantitative estimate of drug-likeness (QED) is 0.562. The van der Waals surface area contributed by atoms with Crippen LogP contribution in [-0.2, 0) is 0 Å². The second kappa shape index (κ2) is 3.81. The fourth-order valence-corrected chi connectivity index (χ4v) is 0.746. The number of aromatic nitrogens is 1. The summed E-state index contributed by atoms with van der Waals surface area (Å²) in [6.07, 6.45) is 0.456. The van der Waals surface area contributed by atoms with Crippen LogP contribution in [0.4, 0.5) is 21.7 Å². The van der Waals surface area contributed by atoms with Gasteiger partial charge in [0, 0.05) is 6.20 Å². The number of hydrogen-bond donors (Lipinski definition) is 0. The summed E-state index contributed by atoms with van der Waals surface area (Å²) in [5.41, 5.74) is -0.952. The van der Waals surface area contributed by atoms with E-state index in [4.69, 9.17) is 0 Å². The predicted molar refractivity (Wildman–Crippen MR) is 39.6 cm³/mol. The highest BCUT2D eigenvalue weighted by atomic mass is 19.4. The molecular formula is C6H4BF5NO-. The molecule has 0 aliphatic rings. The Balaban J connectivity index is 2.79. The van der Waals surface area contributed by atoms with Crippen molar-refractivity contribution >= 4 is 12.4 Å². The minimum atomic E-state index is -5.15. The Kier molecular flexibility index (Phi) is 2.92. The lowest BCUT2D eigenvalue weighted by molar-refractivity contribution is -0.0528. The number of rotatable bonds is 3. The van der Waals surface area contributed by atoms with E-state index in [0.717, 1.165) is 6.07 Å². The van der Waals surface area contributed by atoms with Gasteiger partial charge in [-0.25, -0.2) is 4.98 Å². The van der Waals surface area contributed by atoms with Crippen molar-refractivity contribution in [2.45, 2.75) is 6.61 Å². The van der Waals surface area contributed by atoms with E-state index in [2.05, 4.69) is 9.72 Å². The van der Waals surface area contributed by atoms with Gasteiger partial charge in [0.15, 0.2) is 0 Å². The smallest absolute Gasteiger partial charge is 0.445 e. The summed E-state index contributed by atoms with van der Waals surface area (Å²) in [6, 6.07) is 1.39. The molecule has 0 saturated heterocycles. The second-order valence-corrected chi connectivity index (χ2v) is 2.38. The van der Waals surface area contributed by atoms with Gasteiger partial charge in [-0.1, -0.05) is 11.5 Å². The van der Waals surface area contributed by atoms with Gasteiger partial charge in [-0.15, -0.1) is 0 Å². The van der Waals surface area contributed by atoms with Crippen LogP contribution in [0.1, 0.15) is 0 Å². The zero-order valence-corrected chi connectivity index (χ0v) is 6.63. The van der Waals surface area contributed by atoms with Crippen molar-refractivity contribution in [2.24, 2.45) is 0 Å². The number of pyridine rings is 1. The van der Waals surface area contributed by atoms with E-state index in [1.54, 1.807) is 0 Å². The summed E-state index contributed by atoms with van der Waals surface area (Å²) in [7, 11) is 0. The molecule has 0 fully saturated rings. The van der Waals surface area contributed by atoms with Crippen molar-refractivity contribution in [1.29, 1.82) is 0 Å². The molecule has 78 valence electrons. The van der Waals surface area contributed by atoms with Crippen LogP contribution in [0.25, 0.3) is 0 Å². The van der Waals surface area contributed by atoms with Gasteiger partial charge in [-0.2, -0.15) is 8.78 Å². The highest BCUT2D eigenvalue weighted by molar-refractivity contribution is 6.73. The maximum atomic E-state index is 12.0. The van der Waals surface area contributed by atoms with Gasteiger partial charge in [-0.05, 0) is 6.07 Å². The first-order valence-corrected chi connectivity index (χ1v) is 3.50. The van der Waals surface area contributed by atoms with E-state index in [1.165, 1.54) is 0 Å². The Labute approximate surface area is 75.8 Å². The van der Waals surface area contributed by atoms with Crippen molar-refractivity contribution < 1.29 is 26.5 Å². The van der Waals surface area contributed by atoms with Crippen LogP contribution < -0.4 is 10.2 Å². The molecule has 0 atom stereocenters. The number of ether oxygens (including phenoxy) is 1. The molecule has 14 heavy (non-hydrogen) atoms. The van der Waals surface area contributed by atoms with Gasteiger partial charge in [0.05, 0.1) is 0 Å². The molecule has 0 amide bonds. The van der Waals surface area contributed by atoms with E-state index in [1.807, 2.05) is 0 Å². The fraction of sp³-hybridized carbons (Fsp3) is 0.167. The van der Waals surface area contributed by atoms with Crippen LogP contribution in [0.3, 0.4) is 0 Å². The SMILES string of the molecule is FC(F)Oc1ccc([B-](F)(F)F)cn1. The maximum absolute atomic E-state index is 12.0. The lowest BCUT2D eigenvalue weighted by Gasteiger charge is -2.14.